The molecular weight excluding hydrogens is 278 g/mol. The molecule has 3 aromatic rings. The van der Waals surface area contributed by atoms with Crippen LogP contribution >= 0.6 is 0 Å². The van der Waals surface area contributed by atoms with Gasteiger partial charge in [-0.05, 0) is 25.5 Å². The van der Waals surface area contributed by atoms with Crippen LogP contribution in [0.15, 0.2) is 42.6 Å². The number of rotatable bonds is 4. The van der Waals surface area contributed by atoms with E-state index in [9.17, 15) is 4.79 Å². The number of aryl methyl sites for hydroxylation is 1. The highest BCUT2D eigenvalue weighted by molar-refractivity contribution is 5.77. The molecule has 0 amide bonds. The molecule has 0 unspecified atom stereocenters. The molecule has 0 fully saturated rings. The van der Waals surface area contributed by atoms with Crippen molar-refractivity contribution >= 4 is 11.6 Å². The third-order valence-electron chi connectivity index (χ3n) is 3.47. The van der Waals surface area contributed by atoms with Crippen LogP contribution in [-0.2, 0) is 16.0 Å². The predicted molar refractivity (Wildman–Crippen MR) is 83.5 cm³/mol. The summed E-state index contributed by atoms with van der Waals surface area (Å²) in [5, 5.41) is 4.35. The van der Waals surface area contributed by atoms with Crippen molar-refractivity contribution in [2.75, 3.05) is 6.61 Å². The minimum absolute atomic E-state index is 0.148. The van der Waals surface area contributed by atoms with Crippen molar-refractivity contribution in [3.05, 3.63) is 53.9 Å². The van der Waals surface area contributed by atoms with Crippen molar-refractivity contribution in [1.82, 2.24) is 14.6 Å². The third kappa shape index (κ3) is 2.57. The lowest BCUT2D eigenvalue weighted by Gasteiger charge is -2.05. The second-order valence-electron chi connectivity index (χ2n) is 5.00. The van der Waals surface area contributed by atoms with Crippen molar-refractivity contribution in [3.8, 4) is 11.3 Å². The minimum atomic E-state index is -0.273. The highest BCUT2D eigenvalue weighted by Gasteiger charge is 2.19. The Bertz CT molecular complexity index is 809. The molecule has 0 bridgehead atoms. The van der Waals surface area contributed by atoms with Gasteiger partial charge in [-0.2, -0.15) is 5.10 Å². The summed E-state index contributed by atoms with van der Waals surface area (Å²) in [6.45, 7) is 4.14. The lowest BCUT2D eigenvalue weighted by Crippen LogP contribution is -2.11. The Morgan fingerprint density at radius 2 is 2.00 bits per heavy atom. The number of hydrogen-bond acceptors (Lipinski definition) is 4. The van der Waals surface area contributed by atoms with Gasteiger partial charge in [-0.1, -0.05) is 30.3 Å². The number of ether oxygens (including phenoxy) is 1. The van der Waals surface area contributed by atoms with Gasteiger partial charge in [-0.3, -0.25) is 4.79 Å². The number of carbonyl (C=O) groups excluding carboxylic acids is 1. The van der Waals surface area contributed by atoms with Gasteiger partial charge in [-0.15, -0.1) is 0 Å². The topological polar surface area (TPSA) is 56.5 Å². The largest absolute Gasteiger partial charge is 0.466 e. The van der Waals surface area contributed by atoms with Crippen LogP contribution in [0.25, 0.3) is 16.9 Å². The van der Waals surface area contributed by atoms with Crippen molar-refractivity contribution < 1.29 is 9.53 Å². The van der Waals surface area contributed by atoms with Gasteiger partial charge in [0.15, 0.2) is 5.65 Å². The number of nitrogens with zero attached hydrogens (tertiary/aromatic N) is 3. The van der Waals surface area contributed by atoms with E-state index in [0.29, 0.717) is 6.61 Å². The molecule has 0 N–H and O–H groups in total. The number of imidazole rings is 1. The van der Waals surface area contributed by atoms with E-state index in [1.807, 2.05) is 43.3 Å². The van der Waals surface area contributed by atoms with E-state index in [1.165, 1.54) is 0 Å². The summed E-state index contributed by atoms with van der Waals surface area (Å²) in [4.78, 5) is 16.6. The lowest BCUT2D eigenvalue weighted by atomic mass is 10.1. The Hall–Kier alpha value is -2.69. The average Bonchev–Trinajstić information content (AvgIpc) is 2.89. The number of fused-ring (bicyclic) bond motifs is 1. The molecule has 1 aromatic carbocycles. The molecule has 3 rings (SSSR count). The number of esters is 1. The van der Waals surface area contributed by atoms with E-state index < -0.39 is 0 Å². The Kier molecular flexibility index (Phi) is 3.87. The highest BCUT2D eigenvalue weighted by Crippen LogP contribution is 2.25. The molecule has 22 heavy (non-hydrogen) atoms. The van der Waals surface area contributed by atoms with Gasteiger partial charge in [0.25, 0.3) is 0 Å². The second kappa shape index (κ2) is 5.97. The van der Waals surface area contributed by atoms with Gasteiger partial charge in [-0.25, -0.2) is 9.50 Å². The fraction of sp³-hybridized carbons (Fsp3) is 0.235. The monoisotopic (exact) mass is 295 g/mol. The van der Waals surface area contributed by atoms with E-state index in [-0.39, 0.29) is 12.4 Å². The van der Waals surface area contributed by atoms with Gasteiger partial charge >= 0.3 is 5.97 Å². The van der Waals surface area contributed by atoms with Crippen molar-refractivity contribution in [2.45, 2.75) is 20.3 Å². The molecule has 0 radical (unpaired) electrons. The van der Waals surface area contributed by atoms with Crippen LogP contribution < -0.4 is 0 Å². The van der Waals surface area contributed by atoms with Crippen LogP contribution in [0.2, 0.25) is 0 Å². The second-order valence-corrected chi connectivity index (χ2v) is 5.00. The van der Waals surface area contributed by atoms with Crippen LogP contribution in [0.5, 0.6) is 0 Å². The van der Waals surface area contributed by atoms with Crippen LogP contribution in [0.1, 0.15) is 18.2 Å². The normalized spacial score (nSPS) is 10.8. The quantitative estimate of drug-likeness (QED) is 0.694. The summed E-state index contributed by atoms with van der Waals surface area (Å²) < 4.78 is 6.81. The molecular formula is C17H17N3O2. The van der Waals surface area contributed by atoms with E-state index in [0.717, 1.165) is 28.2 Å². The lowest BCUT2D eigenvalue weighted by molar-refractivity contribution is -0.142. The Morgan fingerprint density at radius 3 is 2.73 bits per heavy atom. The van der Waals surface area contributed by atoms with Gasteiger partial charge < -0.3 is 4.74 Å². The Morgan fingerprint density at radius 1 is 1.23 bits per heavy atom. The van der Waals surface area contributed by atoms with E-state index in [4.69, 9.17) is 4.74 Å². The highest BCUT2D eigenvalue weighted by atomic mass is 16.5. The average molecular weight is 295 g/mol. The minimum Gasteiger partial charge on any atom is -0.466 e. The first-order chi connectivity index (χ1) is 10.7. The number of aromatic nitrogens is 3. The van der Waals surface area contributed by atoms with E-state index in [1.54, 1.807) is 17.6 Å². The van der Waals surface area contributed by atoms with Crippen LogP contribution in [0.4, 0.5) is 0 Å². The molecule has 5 heteroatoms. The number of hydrogen-bond donors (Lipinski definition) is 0. The molecule has 0 saturated heterocycles. The zero-order chi connectivity index (χ0) is 15.5. The van der Waals surface area contributed by atoms with Gasteiger partial charge in [0.1, 0.15) is 0 Å². The molecule has 112 valence electrons. The maximum Gasteiger partial charge on any atom is 0.311 e. The Labute approximate surface area is 128 Å². The number of carbonyl (C=O) groups is 1. The van der Waals surface area contributed by atoms with Crippen molar-refractivity contribution in [2.24, 2.45) is 0 Å². The summed E-state index contributed by atoms with van der Waals surface area (Å²) in [5.74, 6) is -0.273. The van der Waals surface area contributed by atoms with Crippen LogP contribution in [0.3, 0.4) is 0 Å². The van der Waals surface area contributed by atoms with Crippen LogP contribution in [0, 0.1) is 6.92 Å². The van der Waals surface area contributed by atoms with Gasteiger partial charge in [0.05, 0.1) is 24.4 Å². The molecule has 0 spiro atoms. The zero-order valence-corrected chi connectivity index (χ0v) is 12.6. The molecule has 0 aliphatic heterocycles. The molecule has 0 aliphatic carbocycles. The zero-order valence-electron chi connectivity index (χ0n) is 12.6. The summed E-state index contributed by atoms with van der Waals surface area (Å²) >= 11 is 0. The maximum absolute atomic E-state index is 11.9. The van der Waals surface area contributed by atoms with Crippen molar-refractivity contribution in [1.29, 1.82) is 0 Å². The molecule has 0 saturated carbocycles. The summed E-state index contributed by atoms with van der Waals surface area (Å²) in [6, 6.07) is 11.7. The SMILES string of the molecule is CCOC(=O)Cc1c(-c2ccccc2)nc2c(C)ccnn12. The Balaban J connectivity index is 2.17. The molecule has 0 aliphatic rings. The summed E-state index contributed by atoms with van der Waals surface area (Å²) in [7, 11) is 0. The maximum atomic E-state index is 11.9. The van der Waals surface area contributed by atoms with E-state index >= 15 is 0 Å². The predicted octanol–water partition coefficient (Wildman–Crippen LogP) is 2.81. The van der Waals surface area contributed by atoms with Crippen LogP contribution in [-0.4, -0.2) is 27.2 Å². The smallest absolute Gasteiger partial charge is 0.311 e. The standard InChI is InChI=1S/C17H17N3O2/c1-3-22-15(21)11-14-16(13-7-5-4-6-8-13)19-17-12(2)9-10-18-20(14)17/h4-10H,3,11H2,1-2H3. The molecule has 2 heterocycles. The fourth-order valence-corrected chi connectivity index (χ4v) is 2.45. The van der Waals surface area contributed by atoms with Gasteiger partial charge in [0, 0.05) is 11.8 Å². The molecule has 0 atom stereocenters. The van der Waals surface area contributed by atoms with Gasteiger partial charge in [0.2, 0.25) is 0 Å². The fourth-order valence-electron chi connectivity index (χ4n) is 2.45. The van der Waals surface area contributed by atoms with Crippen molar-refractivity contribution in [3.63, 3.8) is 0 Å². The summed E-state index contributed by atoms with van der Waals surface area (Å²) in [5.41, 5.74) is 4.27. The first-order valence-electron chi connectivity index (χ1n) is 7.25. The van der Waals surface area contributed by atoms with E-state index in [2.05, 4.69) is 10.1 Å². The number of benzene rings is 1. The first kappa shape index (κ1) is 14.3. The molecule has 2 aromatic heterocycles. The summed E-state index contributed by atoms with van der Waals surface area (Å²) in [6.07, 6.45) is 1.86. The third-order valence-corrected chi connectivity index (χ3v) is 3.47. The molecule has 5 nitrogen and oxygen atoms in total. The first-order valence-corrected chi connectivity index (χ1v) is 7.25.